The molecule has 1 spiro atoms. The van der Waals surface area contributed by atoms with E-state index in [2.05, 4.69) is 15.1 Å². The van der Waals surface area contributed by atoms with Crippen LogP contribution in [0.15, 0.2) is 6.07 Å². The van der Waals surface area contributed by atoms with Gasteiger partial charge in [-0.05, 0) is 63.6 Å². The van der Waals surface area contributed by atoms with Gasteiger partial charge < -0.3 is 10.6 Å². The first-order valence-corrected chi connectivity index (χ1v) is 9.34. The molecular formula is C18H27N5O2. The Labute approximate surface area is 147 Å². The molecule has 1 aromatic rings. The van der Waals surface area contributed by atoms with Crippen LogP contribution >= 0.6 is 0 Å². The summed E-state index contributed by atoms with van der Waals surface area (Å²) in [6.45, 7) is 2.25. The number of piperidine rings is 2. The predicted octanol–water partition coefficient (Wildman–Crippen LogP) is 1.09. The van der Waals surface area contributed by atoms with Crippen molar-refractivity contribution in [2.24, 2.45) is 11.1 Å². The van der Waals surface area contributed by atoms with Crippen LogP contribution in [-0.2, 0) is 4.79 Å². The van der Waals surface area contributed by atoms with Crippen LogP contribution in [0.1, 0.15) is 60.6 Å². The molecule has 3 aliphatic rings. The number of hydrogen-bond acceptors (Lipinski definition) is 4. The molecule has 2 amide bonds. The first kappa shape index (κ1) is 16.6. The predicted molar refractivity (Wildman–Crippen MR) is 93.0 cm³/mol. The quantitative estimate of drug-likeness (QED) is 0.857. The SMILES string of the molecule is CN1CCCC2(CCN(C(=O)c3cc(C4CC4)[nH]n3)CC2)C1C(N)=O. The Kier molecular flexibility index (Phi) is 4.06. The second kappa shape index (κ2) is 6.12. The van der Waals surface area contributed by atoms with Crippen molar-refractivity contribution in [2.75, 3.05) is 26.7 Å². The fraction of sp³-hybridized carbons (Fsp3) is 0.722. The summed E-state index contributed by atoms with van der Waals surface area (Å²) in [6.07, 6.45) is 6.13. The van der Waals surface area contributed by atoms with Gasteiger partial charge in [0.25, 0.3) is 5.91 Å². The Morgan fingerprint density at radius 2 is 1.96 bits per heavy atom. The largest absolute Gasteiger partial charge is 0.368 e. The van der Waals surface area contributed by atoms with Crippen molar-refractivity contribution in [2.45, 2.75) is 50.5 Å². The summed E-state index contributed by atoms with van der Waals surface area (Å²) in [4.78, 5) is 28.8. The van der Waals surface area contributed by atoms with Crippen molar-refractivity contribution in [3.8, 4) is 0 Å². The third-order valence-electron chi connectivity index (χ3n) is 6.36. The lowest BCUT2D eigenvalue weighted by atomic mass is 9.66. The van der Waals surface area contributed by atoms with Crippen LogP contribution in [0.3, 0.4) is 0 Å². The van der Waals surface area contributed by atoms with Crippen LogP contribution < -0.4 is 5.73 Å². The summed E-state index contributed by atoms with van der Waals surface area (Å²) in [6, 6.07) is 1.69. The normalized spacial score (nSPS) is 26.8. The summed E-state index contributed by atoms with van der Waals surface area (Å²) in [5.74, 6) is 0.328. The highest BCUT2D eigenvalue weighted by Gasteiger charge is 2.48. The van der Waals surface area contributed by atoms with Crippen LogP contribution in [0.25, 0.3) is 0 Å². The summed E-state index contributed by atoms with van der Waals surface area (Å²) in [5.41, 5.74) is 7.23. The number of carbonyl (C=O) groups excluding carboxylic acids is 2. The van der Waals surface area contributed by atoms with Crippen molar-refractivity contribution in [3.63, 3.8) is 0 Å². The first-order chi connectivity index (χ1) is 12.0. The van der Waals surface area contributed by atoms with E-state index in [0.717, 1.165) is 37.9 Å². The number of likely N-dealkylation sites (tertiary alicyclic amines) is 2. The molecule has 0 radical (unpaired) electrons. The Hall–Kier alpha value is -1.89. The molecular weight excluding hydrogens is 318 g/mol. The van der Waals surface area contributed by atoms with Crippen molar-refractivity contribution in [3.05, 3.63) is 17.5 Å². The average molecular weight is 345 g/mol. The van der Waals surface area contributed by atoms with Crippen LogP contribution in [0.4, 0.5) is 0 Å². The van der Waals surface area contributed by atoms with Crippen LogP contribution in [-0.4, -0.2) is 64.5 Å². The lowest BCUT2D eigenvalue weighted by molar-refractivity contribution is -0.132. The number of aromatic amines is 1. The topological polar surface area (TPSA) is 95.3 Å². The number of primary amides is 1. The highest BCUT2D eigenvalue weighted by atomic mass is 16.2. The van der Waals surface area contributed by atoms with E-state index in [0.29, 0.717) is 24.7 Å². The second-order valence-corrected chi connectivity index (χ2v) is 8.03. The molecule has 3 heterocycles. The maximum atomic E-state index is 12.7. The fourth-order valence-electron chi connectivity index (χ4n) is 4.82. The second-order valence-electron chi connectivity index (χ2n) is 8.03. The number of likely N-dealkylation sites (N-methyl/N-ethyl adjacent to an activating group) is 1. The molecule has 1 unspecified atom stereocenters. The molecule has 1 saturated carbocycles. The monoisotopic (exact) mass is 345 g/mol. The lowest BCUT2D eigenvalue weighted by Crippen LogP contribution is -2.60. The number of carbonyl (C=O) groups is 2. The lowest BCUT2D eigenvalue weighted by Gasteiger charge is -2.51. The molecule has 0 aromatic carbocycles. The van der Waals surface area contributed by atoms with Crippen LogP contribution in [0.5, 0.6) is 0 Å². The Morgan fingerprint density at radius 1 is 1.24 bits per heavy atom. The van der Waals surface area contributed by atoms with Crippen LogP contribution in [0, 0.1) is 5.41 Å². The first-order valence-electron chi connectivity index (χ1n) is 9.34. The Bertz CT molecular complexity index is 673. The summed E-state index contributed by atoms with van der Waals surface area (Å²) >= 11 is 0. The molecule has 7 nitrogen and oxygen atoms in total. The Morgan fingerprint density at radius 3 is 2.60 bits per heavy atom. The number of nitrogens with two attached hydrogens (primary N) is 1. The average Bonchev–Trinajstić information content (AvgIpc) is 3.32. The molecule has 0 bridgehead atoms. The molecule has 4 rings (SSSR count). The third kappa shape index (κ3) is 2.94. The fourth-order valence-corrected chi connectivity index (χ4v) is 4.82. The van der Waals surface area contributed by atoms with Gasteiger partial charge in [0.2, 0.25) is 5.91 Å². The minimum absolute atomic E-state index is 0.00205. The molecule has 1 atom stereocenters. The highest BCUT2D eigenvalue weighted by Crippen LogP contribution is 2.44. The number of rotatable bonds is 3. The van der Waals surface area contributed by atoms with Gasteiger partial charge in [0.05, 0.1) is 6.04 Å². The maximum absolute atomic E-state index is 12.7. The number of amides is 2. The van der Waals surface area contributed by atoms with Gasteiger partial charge >= 0.3 is 0 Å². The van der Waals surface area contributed by atoms with Gasteiger partial charge in [-0.1, -0.05) is 0 Å². The standard InChI is InChI=1S/C18H27N5O2/c1-22-8-2-5-18(15(22)16(19)24)6-9-23(10-7-18)17(25)14-11-13(20-21-14)12-3-4-12/h11-12,15H,2-10H2,1H3,(H2,19,24)(H,20,21). The molecule has 3 fully saturated rings. The molecule has 2 saturated heterocycles. The van der Waals surface area contributed by atoms with Crippen molar-refractivity contribution >= 4 is 11.8 Å². The van der Waals surface area contributed by atoms with E-state index >= 15 is 0 Å². The van der Waals surface area contributed by atoms with E-state index < -0.39 is 0 Å². The number of nitrogens with zero attached hydrogens (tertiary/aromatic N) is 3. The van der Waals surface area contributed by atoms with Gasteiger partial charge in [0, 0.05) is 24.7 Å². The smallest absolute Gasteiger partial charge is 0.274 e. The number of hydrogen-bond donors (Lipinski definition) is 2. The minimum atomic E-state index is -0.233. The summed E-state index contributed by atoms with van der Waals surface area (Å²) in [7, 11) is 1.98. The van der Waals surface area contributed by atoms with Gasteiger partial charge in [-0.25, -0.2) is 0 Å². The van der Waals surface area contributed by atoms with E-state index in [9.17, 15) is 9.59 Å². The van der Waals surface area contributed by atoms with Gasteiger partial charge in [-0.2, -0.15) is 5.10 Å². The minimum Gasteiger partial charge on any atom is -0.368 e. The zero-order valence-electron chi connectivity index (χ0n) is 14.8. The molecule has 7 heteroatoms. The molecule has 25 heavy (non-hydrogen) atoms. The van der Waals surface area contributed by atoms with Crippen molar-refractivity contribution in [1.29, 1.82) is 0 Å². The zero-order valence-corrected chi connectivity index (χ0v) is 14.8. The summed E-state index contributed by atoms with van der Waals surface area (Å²) < 4.78 is 0. The molecule has 1 aromatic heterocycles. The zero-order chi connectivity index (χ0) is 17.6. The molecule has 2 aliphatic heterocycles. The van der Waals surface area contributed by atoms with E-state index in [1.54, 1.807) is 0 Å². The van der Waals surface area contributed by atoms with Gasteiger partial charge in [0.15, 0.2) is 0 Å². The Balaban J connectivity index is 1.44. The van der Waals surface area contributed by atoms with Gasteiger partial charge in [-0.15, -0.1) is 0 Å². The summed E-state index contributed by atoms with van der Waals surface area (Å²) in [5, 5.41) is 7.22. The van der Waals surface area contributed by atoms with E-state index in [-0.39, 0.29) is 23.3 Å². The van der Waals surface area contributed by atoms with E-state index in [4.69, 9.17) is 5.73 Å². The van der Waals surface area contributed by atoms with Crippen LogP contribution in [0.2, 0.25) is 0 Å². The highest BCUT2D eigenvalue weighted by molar-refractivity contribution is 5.92. The van der Waals surface area contributed by atoms with Gasteiger partial charge in [0.1, 0.15) is 5.69 Å². The van der Waals surface area contributed by atoms with E-state index in [1.165, 1.54) is 12.8 Å². The van der Waals surface area contributed by atoms with Crippen molar-refractivity contribution < 1.29 is 9.59 Å². The van der Waals surface area contributed by atoms with Crippen molar-refractivity contribution in [1.82, 2.24) is 20.0 Å². The molecule has 3 N–H and O–H groups in total. The molecule has 136 valence electrons. The van der Waals surface area contributed by atoms with Gasteiger partial charge in [-0.3, -0.25) is 19.6 Å². The number of nitrogens with one attached hydrogen (secondary N) is 1. The number of H-pyrrole nitrogens is 1. The van der Waals surface area contributed by atoms with E-state index in [1.807, 2.05) is 18.0 Å². The maximum Gasteiger partial charge on any atom is 0.274 e. The number of aromatic nitrogens is 2. The molecule has 1 aliphatic carbocycles. The third-order valence-corrected chi connectivity index (χ3v) is 6.36.